The Morgan fingerprint density at radius 1 is 1.47 bits per heavy atom. The van der Waals surface area contributed by atoms with Gasteiger partial charge in [0.05, 0.1) is 12.5 Å². The average Bonchev–Trinajstić information content (AvgIpc) is 2.29. The highest BCUT2D eigenvalue weighted by molar-refractivity contribution is 5.70. The van der Waals surface area contributed by atoms with Crippen LogP contribution >= 0.6 is 0 Å². The molecule has 1 unspecified atom stereocenters. The molecule has 0 aliphatic heterocycles. The minimum absolute atomic E-state index is 0.291. The van der Waals surface area contributed by atoms with E-state index in [1.165, 1.54) is 12.1 Å². The maximum atomic E-state index is 13.1. The third kappa shape index (κ3) is 3.73. The Hall–Kier alpha value is -1.58. The van der Waals surface area contributed by atoms with Gasteiger partial charge in [0.15, 0.2) is 0 Å². The summed E-state index contributed by atoms with van der Waals surface area (Å²) in [6.07, 6.45) is 0.802. The van der Waals surface area contributed by atoms with Crippen molar-refractivity contribution in [1.29, 1.82) is 0 Å². The summed E-state index contributed by atoms with van der Waals surface area (Å²) in [5.74, 6) is -1.17. The lowest BCUT2D eigenvalue weighted by molar-refractivity contribution is -0.141. The number of hydrogen-bond acceptors (Lipinski definition) is 2. The Balaban J connectivity index is 2.94. The van der Waals surface area contributed by atoms with Crippen molar-refractivity contribution >= 4 is 5.97 Å². The van der Waals surface area contributed by atoms with E-state index in [4.69, 9.17) is 9.84 Å². The molecule has 0 aromatic heterocycles. The molecule has 1 aromatic rings. The highest BCUT2D eigenvalue weighted by Crippen LogP contribution is 2.24. The van der Waals surface area contributed by atoms with E-state index in [-0.39, 0.29) is 5.82 Å². The number of rotatable bonds is 6. The standard InChI is InChI=1S/C13H17FO3/c1-3-9(13(15)16)7-10-8-11(14)5-6-12(10)17-4-2/h5-6,8-9H,3-4,7H2,1-2H3,(H,15,16). The fourth-order valence-electron chi connectivity index (χ4n) is 1.68. The van der Waals surface area contributed by atoms with Crippen LogP contribution in [0.5, 0.6) is 5.75 Å². The molecule has 0 saturated heterocycles. The van der Waals surface area contributed by atoms with Gasteiger partial charge in [-0.3, -0.25) is 4.79 Å². The van der Waals surface area contributed by atoms with Gasteiger partial charge in [0.2, 0.25) is 0 Å². The van der Waals surface area contributed by atoms with Gasteiger partial charge in [-0.25, -0.2) is 4.39 Å². The first kappa shape index (κ1) is 13.5. The molecule has 17 heavy (non-hydrogen) atoms. The predicted molar refractivity (Wildman–Crippen MR) is 62.7 cm³/mol. The maximum Gasteiger partial charge on any atom is 0.306 e. The first-order valence-corrected chi connectivity index (χ1v) is 5.72. The molecular weight excluding hydrogens is 223 g/mol. The van der Waals surface area contributed by atoms with Crippen LogP contribution in [0, 0.1) is 11.7 Å². The van der Waals surface area contributed by atoms with Crippen molar-refractivity contribution in [2.24, 2.45) is 5.92 Å². The molecule has 0 radical (unpaired) electrons. The van der Waals surface area contributed by atoms with Gasteiger partial charge in [-0.2, -0.15) is 0 Å². The summed E-state index contributed by atoms with van der Waals surface area (Å²) in [7, 11) is 0. The fourth-order valence-corrected chi connectivity index (χ4v) is 1.68. The molecular formula is C13H17FO3. The lowest BCUT2D eigenvalue weighted by atomic mass is 9.96. The number of halogens is 1. The van der Waals surface area contributed by atoms with Gasteiger partial charge in [-0.05, 0) is 43.5 Å². The first-order chi connectivity index (χ1) is 8.08. The summed E-state index contributed by atoms with van der Waals surface area (Å²) < 4.78 is 18.5. The second-order valence-corrected chi connectivity index (χ2v) is 3.83. The Kier molecular flexibility index (Phi) is 4.94. The molecule has 0 heterocycles. The number of carboxylic acid groups (broad SMARTS) is 1. The lowest BCUT2D eigenvalue weighted by Crippen LogP contribution is -2.16. The molecule has 0 aliphatic rings. The molecule has 1 aromatic carbocycles. The van der Waals surface area contributed by atoms with Crippen LogP contribution < -0.4 is 4.74 Å². The van der Waals surface area contributed by atoms with Crippen LogP contribution in [-0.4, -0.2) is 17.7 Å². The van der Waals surface area contributed by atoms with Crippen LogP contribution in [0.2, 0.25) is 0 Å². The number of benzene rings is 1. The van der Waals surface area contributed by atoms with E-state index in [2.05, 4.69) is 0 Å². The zero-order chi connectivity index (χ0) is 12.8. The summed E-state index contributed by atoms with van der Waals surface area (Å²) in [5, 5.41) is 8.99. The molecule has 3 nitrogen and oxygen atoms in total. The van der Waals surface area contributed by atoms with Crippen molar-refractivity contribution in [2.45, 2.75) is 26.7 Å². The van der Waals surface area contributed by atoms with Gasteiger partial charge in [0.25, 0.3) is 0 Å². The third-order valence-corrected chi connectivity index (χ3v) is 2.63. The molecule has 94 valence electrons. The van der Waals surface area contributed by atoms with Gasteiger partial charge in [-0.15, -0.1) is 0 Å². The van der Waals surface area contributed by atoms with Crippen LogP contribution in [0.25, 0.3) is 0 Å². The number of carbonyl (C=O) groups is 1. The topological polar surface area (TPSA) is 46.5 Å². The van der Waals surface area contributed by atoms with Gasteiger partial charge in [-0.1, -0.05) is 6.92 Å². The van der Waals surface area contributed by atoms with Crippen molar-refractivity contribution in [1.82, 2.24) is 0 Å². The Bertz CT molecular complexity index is 390. The van der Waals surface area contributed by atoms with E-state index < -0.39 is 11.9 Å². The lowest BCUT2D eigenvalue weighted by Gasteiger charge is -2.14. The van der Waals surface area contributed by atoms with E-state index in [9.17, 15) is 9.18 Å². The summed E-state index contributed by atoms with van der Waals surface area (Å²) in [6.45, 7) is 4.11. The predicted octanol–water partition coefficient (Wildman–Crippen LogP) is 2.88. The molecule has 4 heteroatoms. The number of ether oxygens (including phenoxy) is 1. The highest BCUT2D eigenvalue weighted by atomic mass is 19.1. The van der Waals surface area contributed by atoms with Crippen LogP contribution in [0.3, 0.4) is 0 Å². The summed E-state index contributed by atoms with van der Waals surface area (Å²) in [5.41, 5.74) is 0.612. The smallest absolute Gasteiger partial charge is 0.306 e. The second kappa shape index (κ2) is 6.23. The van der Waals surface area contributed by atoms with Crippen molar-refractivity contribution in [2.75, 3.05) is 6.61 Å². The zero-order valence-electron chi connectivity index (χ0n) is 10.1. The van der Waals surface area contributed by atoms with E-state index in [0.29, 0.717) is 30.8 Å². The SMILES string of the molecule is CCOc1ccc(F)cc1CC(CC)C(=O)O. The Labute approximate surface area is 100 Å². The van der Waals surface area contributed by atoms with Gasteiger partial charge < -0.3 is 9.84 Å². The van der Waals surface area contributed by atoms with Crippen LogP contribution in [-0.2, 0) is 11.2 Å². The van der Waals surface area contributed by atoms with E-state index in [0.717, 1.165) is 0 Å². The Morgan fingerprint density at radius 3 is 2.71 bits per heavy atom. The van der Waals surface area contributed by atoms with E-state index >= 15 is 0 Å². The number of carboxylic acids is 1. The van der Waals surface area contributed by atoms with Gasteiger partial charge >= 0.3 is 5.97 Å². The van der Waals surface area contributed by atoms with Gasteiger partial charge in [0.1, 0.15) is 11.6 Å². The van der Waals surface area contributed by atoms with Crippen molar-refractivity contribution in [3.63, 3.8) is 0 Å². The van der Waals surface area contributed by atoms with Crippen molar-refractivity contribution in [3.8, 4) is 5.75 Å². The highest BCUT2D eigenvalue weighted by Gasteiger charge is 2.18. The number of aliphatic carboxylic acids is 1. The molecule has 0 aliphatic carbocycles. The molecule has 0 spiro atoms. The van der Waals surface area contributed by atoms with Crippen LogP contribution in [0.4, 0.5) is 4.39 Å². The second-order valence-electron chi connectivity index (χ2n) is 3.83. The Morgan fingerprint density at radius 2 is 2.18 bits per heavy atom. The third-order valence-electron chi connectivity index (χ3n) is 2.63. The molecule has 1 atom stereocenters. The molecule has 1 N–H and O–H groups in total. The molecule has 1 rings (SSSR count). The van der Waals surface area contributed by atoms with E-state index in [1.807, 2.05) is 6.92 Å². The van der Waals surface area contributed by atoms with Crippen molar-refractivity contribution in [3.05, 3.63) is 29.6 Å². The minimum atomic E-state index is -0.862. The summed E-state index contributed by atoms with van der Waals surface area (Å²) in [6, 6.07) is 4.20. The van der Waals surface area contributed by atoms with E-state index in [1.54, 1.807) is 13.0 Å². The van der Waals surface area contributed by atoms with Crippen molar-refractivity contribution < 1.29 is 19.0 Å². The maximum absolute atomic E-state index is 13.1. The fraction of sp³-hybridized carbons (Fsp3) is 0.462. The quantitative estimate of drug-likeness (QED) is 0.831. The summed E-state index contributed by atoms with van der Waals surface area (Å²) >= 11 is 0. The average molecular weight is 240 g/mol. The van der Waals surface area contributed by atoms with Crippen LogP contribution in [0.15, 0.2) is 18.2 Å². The molecule has 0 saturated carbocycles. The van der Waals surface area contributed by atoms with Gasteiger partial charge in [0, 0.05) is 0 Å². The largest absolute Gasteiger partial charge is 0.494 e. The molecule has 0 bridgehead atoms. The normalized spacial score (nSPS) is 12.2. The molecule has 0 fully saturated rings. The minimum Gasteiger partial charge on any atom is -0.494 e. The summed E-state index contributed by atoms with van der Waals surface area (Å²) in [4.78, 5) is 11.0. The zero-order valence-corrected chi connectivity index (χ0v) is 10.1. The molecule has 0 amide bonds. The number of hydrogen-bond donors (Lipinski definition) is 1. The van der Waals surface area contributed by atoms with Crippen LogP contribution in [0.1, 0.15) is 25.8 Å². The monoisotopic (exact) mass is 240 g/mol. The first-order valence-electron chi connectivity index (χ1n) is 5.72.